The van der Waals surface area contributed by atoms with Gasteiger partial charge in [0.25, 0.3) is 0 Å². The van der Waals surface area contributed by atoms with Gasteiger partial charge in [-0.3, -0.25) is 0 Å². The van der Waals surface area contributed by atoms with Gasteiger partial charge in [0, 0.05) is 13.2 Å². The Morgan fingerprint density at radius 1 is 1.38 bits per heavy atom. The number of hydrogen-bond acceptors (Lipinski definition) is 7. The predicted molar refractivity (Wildman–Crippen MR) is 82.9 cm³/mol. The number of thiophene rings is 1. The average Bonchev–Trinajstić information content (AvgIpc) is 2.84. The van der Waals surface area contributed by atoms with Crippen LogP contribution in [0.1, 0.15) is 34.5 Å². The number of esters is 1. The van der Waals surface area contributed by atoms with E-state index in [0.717, 1.165) is 47.4 Å². The summed E-state index contributed by atoms with van der Waals surface area (Å²) >= 11 is 1.32. The standard InChI is InChI=1S/C14H19N3O3S/c1-9-10-12(15-6-4-3-5-7-18)16-8-17-13(10)21-11(9)14(19)20-2/h8,18H,3-7H2,1-2H3,(H,15,16,17). The largest absolute Gasteiger partial charge is 0.465 e. The van der Waals surface area contributed by atoms with Gasteiger partial charge in [-0.25, -0.2) is 14.8 Å². The average molecular weight is 309 g/mol. The van der Waals surface area contributed by atoms with Crippen molar-refractivity contribution in [2.45, 2.75) is 26.2 Å². The van der Waals surface area contributed by atoms with Crippen molar-refractivity contribution in [3.63, 3.8) is 0 Å². The molecule has 0 fully saturated rings. The third-order valence-electron chi connectivity index (χ3n) is 3.22. The van der Waals surface area contributed by atoms with Gasteiger partial charge in [0.05, 0.1) is 12.5 Å². The Bertz CT molecular complexity index is 627. The molecule has 7 heteroatoms. The van der Waals surface area contributed by atoms with Crippen LogP contribution >= 0.6 is 11.3 Å². The smallest absolute Gasteiger partial charge is 0.348 e. The van der Waals surface area contributed by atoms with Crippen molar-refractivity contribution >= 4 is 33.3 Å². The highest BCUT2D eigenvalue weighted by Crippen LogP contribution is 2.33. The molecule has 2 aromatic heterocycles. The van der Waals surface area contributed by atoms with Crippen molar-refractivity contribution in [1.82, 2.24) is 9.97 Å². The molecule has 0 radical (unpaired) electrons. The van der Waals surface area contributed by atoms with E-state index in [0.29, 0.717) is 4.88 Å². The van der Waals surface area contributed by atoms with Crippen LogP contribution in [-0.4, -0.2) is 41.3 Å². The van der Waals surface area contributed by atoms with E-state index in [2.05, 4.69) is 15.3 Å². The molecule has 2 aromatic rings. The first-order valence-corrected chi connectivity index (χ1v) is 7.67. The molecule has 0 atom stereocenters. The second-order valence-electron chi connectivity index (χ2n) is 4.66. The molecule has 21 heavy (non-hydrogen) atoms. The van der Waals surface area contributed by atoms with Gasteiger partial charge >= 0.3 is 5.97 Å². The lowest BCUT2D eigenvalue weighted by atomic mass is 10.2. The number of rotatable bonds is 7. The minimum atomic E-state index is -0.343. The molecule has 0 aliphatic rings. The van der Waals surface area contributed by atoms with E-state index in [4.69, 9.17) is 9.84 Å². The van der Waals surface area contributed by atoms with Crippen molar-refractivity contribution in [3.8, 4) is 0 Å². The van der Waals surface area contributed by atoms with Crippen molar-refractivity contribution in [3.05, 3.63) is 16.8 Å². The van der Waals surface area contributed by atoms with E-state index < -0.39 is 0 Å². The molecule has 0 spiro atoms. The van der Waals surface area contributed by atoms with Crippen LogP contribution in [0.4, 0.5) is 5.82 Å². The van der Waals surface area contributed by atoms with Crippen molar-refractivity contribution in [2.75, 3.05) is 25.6 Å². The molecule has 2 heterocycles. The fourth-order valence-electron chi connectivity index (χ4n) is 2.11. The van der Waals surface area contributed by atoms with Crippen LogP contribution in [0.25, 0.3) is 10.2 Å². The lowest BCUT2D eigenvalue weighted by Gasteiger charge is -2.06. The maximum atomic E-state index is 11.7. The molecule has 0 saturated heterocycles. The number of aliphatic hydroxyl groups excluding tert-OH is 1. The highest BCUT2D eigenvalue weighted by atomic mass is 32.1. The topological polar surface area (TPSA) is 84.3 Å². The van der Waals surface area contributed by atoms with E-state index in [1.807, 2.05) is 6.92 Å². The van der Waals surface area contributed by atoms with Crippen molar-refractivity contribution < 1.29 is 14.6 Å². The SMILES string of the molecule is COC(=O)c1sc2ncnc(NCCCCCO)c2c1C. The second-order valence-corrected chi connectivity index (χ2v) is 5.66. The highest BCUT2D eigenvalue weighted by Gasteiger charge is 2.19. The van der Waals surface area contributed by atoms with Gasteiger partial charge in [-0.15, -0.1) is 11.3 Å². The zero-order valence-corrected chi connectivity index (χ0v) is 13.0. The molecular formula is C14H19N3O3S. The van der Waals surface area contributed by atoms with Gasteiger partial charge in [-0.05, 0) is 31.7 Å². The number of unbranched alkanes of at least 4 members (excludes halogenated alkanes) is 2. The molecule has 0 saturated carbocycles. The first kappa shape index (κ1) is 15.7. The number of aliphatic hydroxyl groups is 1. The molecule has 0 unspecified atom stereocenters. The molecule has 0 bridgehead atoms. The molecule has 114 valence electrons. The summed E-state index contributed by atoms with van der Waals surface area (Å²) < 4.78 is 4.79. The van der Waals surface area contributed by atoms with E-state index in [9.17, 15) is 4.79 Å². The number of nitrogens with zero attached hydrogens (tertiary/aromatic N) is 2. The number of anilines is 1. The summed E-state index contributed by atoms with van der Waals surface area (Å²) in [5, 5.41) is 12.9. The van der Waals surface area contributed by atoms with Crippen LogP contribution in [-0.2, 0) is 4.74 Å². The molecular weight excluding hydrogens is 290 g/mol. The van der Waals surface area contributed by atoms with Crippen LogP contribution in [0, 0.1) is 6.92 Å². The molecule has 0 amide bonds. The Morgan fingerprint density at radius 3 is 2.90 bits per heavy atom. The Kier molecular flexibility index (Phi) is 5.46. The summed E-state index contributed by atoms with van der Waals surface area (Å²) in [7, 11) is 1.37. The van der Waals surface area contributed by atoms with Crippen LogP contribution < -0.4 is 5.32 Å². The van der Waals surface area contributed by atoms with Gasteiger partial charge in [0.1, 0.15) is 21.9 Å². The number of hydrogen-bond donors (Lipinski definition) is 2. The van der Waals surface area contributed by atoms with Gasteiger partial charge in [-0.1, -0.05) is 0 Å². The van der Waals surface area contributed by atoms with Crippen molar-refractivity contribution in [1.29, 1.82) is 0 Å². The van der Waals surface area contributed by atoms with E-state index >= 15 is 0 Å². The number of methoxy groups -OCH3 is 1. The molecule has 0 aliphatic carbocycles. The van der Waals surface area contributed by atoms with Crippen LogP contribution in [0.5, 0.6) is 0 Å². The number of fused-ring (bicyclic) bond motifs is 1. The number of ether oxygens (including phenoxy) is 1. The normalized spacial score (nSPS) is 10.8. The van der Waals surface area contributed by atoms with Crippen molar-refractivity contribution in [2.24, 2.45) is 0 Å². The van der Waals surface area contributed by atoms with Crippen LogP contribution in [0.2, 0.25) is 0 Å². The summed E-state index contributed by atoms with van der Waals surface area (Å²) in [4.78, 5) is 21.6. The fourth-order valence-corrected chi connectivity index (χ4v) is 3.18. The minimum absolute atomic E-state index is 0.226. The third-order valence-corrected chi connectivity index (χ3v) is 4.40. The van der Waals surface area contributed by atoms with E-state index in [1.165, 1.54) is 24.8 Å². The number of aromatic nitrogens is 2. The van der Waals surface area contributed by atoms with E-state index in [-0.39, 0.29) is 12.6 Å². The second kappa shape index (κ2) is 7.33. The first-order valence-electron chi connectivity index (χ1n) is 6.86. The van der Waals surface area contributed by atoms with Crippen LogP contribution in [0.15, 0.2) is 6.33 Å². The molecule has 2 N–H and O–H groups in total. The summed E-state index contributed by atoms with van der Waals surface area (Å²) in [5.41, 5.74) is 0.848. The number of aryl methyl sites for hydroxylation is 1. The monoisotopic (exact) mass is 309 g/mol. The zero-order chi connectivity index (χ0) is 15.2. The molecule has 0 aliphatic heterocycles. The summed E-state index contributed by atoms with van der Waals surface area (Å²) in [6.07, 6.45) is 4.23. The Labute approximate surface area is 127 Å². The fraction of sp³-hybridized carbons (Fsp3) is 0.500. The van der Waals surface area contributed by atoms with Gasteiger partial charge in [0.2, 0.25) is 0 Å². The number of nitrogens with one attached hydrogen (secondary N) is 1. The van der Waals surface area contributed by atoms with Crippen LogP contribution in [0.3, 0.4) is 0 Å². The minimum Gasteiger partial charge on any atom is -0.465 e. The zero-order valence-electron chi connectivity index (χ0n) is 12.2. The lowest BCUT2D eigenvalue weighted by Crippen LogP contribution is -2.05. The maximum absolute atomic E-state index is 11.7. The molecule has 2 rings (SSSR count). The quantitative estimate of drug-likeness (QED) is 0.603. The number of carbonyl (C=O) groups is 1. The first-order chi connectivity index (χ1) is 10.2. The Morgan fingerprint density at radius 2 is 2.19 bits per heavy atom. The van der Waals surface area contributed by atoms with Gasteiger partial charge in [-0.2, -0.15) is 0 Å². The highest BCUT2D eigenvalue weighted by molar-refractivity contribution is 7.20. The number of carbonyl (C=O) groups excluding carboxylic acids is 1. The Hall–Kier alpha value is -1.73. The predicted octanol–water partition coefficient (Wildman–Crippen LogP) is 2.36. The maximum Gasteiger partial charge on any atom is 0.348 e. The molecule has 0 aromatic carbocycles. The summed E-state index contributed by atoms with van der Waals surface area (Å²) in [6.45, 7) is 2.88. The van der Waals surface area contributed by atoms with Gasteiger partial charge in [0.15, 0.2) is 0 Å². The lowest BCUT2D eigenvalue weighted by molar-refractivity contribution is 0.0605. The van der Waals surface area contributed by atoms with E-state index in [1.54, 1.807) is 0 Å². The molecule has 6 nitrogen and oxygen atoms in total. The summed E-state index contributed by atoms with van der Waals surface area (Å²) in [6, 6.07) is 0. The third kappa shape index (κ3) is 3.48. The van der Waals surface area contributed by atoms with Gasteiger partial charge < -0.3 is 15.2 Å². The Balaban J connectivity index is 2.20. The summed E-state index contributed by atoms with van der Waals surface area (Å²) in [5.74, 6) is 0.400.